The highest BCUT2D eigenvalue weighted by atomic mass is 35.5. The van der Waals surface area contributed by atoms with Gasteiger partial charge in [-0.1, -0.05) is 54.1 Å². The van der Waals surface area contributed by atoms with E-state index in [-0.39, 0.29) is 17.9 Å². The van der Waals surface area contributed by atoms with Gasteiger partial charge in [0, 0.05) is 22.1 Å². The molecule has 0 bridgehead atoms. The van der Waals surface area contributed by atoms with Crippen molar-refractivity contribution in [2.75, 3.05) is 11.1 Å². The summed E-state index contributed by atoms with van der Waals surface area (Å²) in [5.74, 6) is 0.276. The van der Waals surface area contributed by atoms with Crippen LogP contribution in [0.3, 0.4) is 0 Å². The Labute approximate surface area is 186 Å². The van der Waals surface area contributed by atoms with Gasteiger partial charge in [-0.2, -0.15) is 0 Å². The highest BCUT2D eigenvalue weighted by molar-refractivity contribution is 7.99. The molecule has 0 aliphatic heterocycles. The second-order valence-electron chi connectivity index (χ2n) is 6.75. The lowest BCUT2D eigenvalue weighted by molar-refractivity contribution is -0.115. The van der Waals surface area contributed by atoms with Crippen LogP contribution in [0.5, 0.6) is 0 Å². The Kier molecular flexibility index (Phi) is 7.94. The molecule has 30 heavy (non-hydrogen) atoms. The van der Waals surface area contributed by atoms with Gasteiger partial charge >= 0.3 is 0 Å². The van der Waals surface area contributed by atoms with Crippen molar-refractivity contribution in [3.63, 3.8) is 0 Å². The quantitative estimate of drug-likeness (QED) is 0.427. The number of para-hydroxylation sites is 1. The molecule has 0 aliphatic rings. The Bertz CT molecular complexity index is 994. The second-order valence-corrected chi connectivity index (χ2v) is 8.36. The van der Waals surface area contributed by atoms with Crippen molar-refractivity contribution in [2.24, 2.45) is 0 Å². The number of halogens is 1. The lowest BCUT2D eigenvalue weighted by atomic mass is 10.1. The van der Waals surface area contributed by atoms with Crippen LogP contribution in [-0.4, -0.2) is 17.6 Å². The number of anilines is 1. The molecule has 0 heterocycles. The molecule has 0 fully saturated rings. The molecule has 0 aromatic heterocycles. The molecular weight excluding hydrogens is 416 g/mol. The molecule has 0 saturated carbocycles. The van der Waals surface area contributed by atoms with Crippen LogP contribution in [0.25, 0.3) is 0 Å². The highest BCUT2D eigenvalue weighted by Gasteiger charge is 2.16. The number of rotatable bonds is 8. The third-order valence-corrected chi connectivity index (χ3v) is 5.77. The zero-order valence-corrected chi connectivity index (χ0v) is 18.2. The molecule has 3 aromatic carbocycles. The van der Waals surface area contributed by atoms with E-state index in [4.69, 9.17) is 11.6 Å². The van der Waals surface area contributed by atoms with Crippen LogP contribution in [0, 0.1) is 0 Å². The van der Waals surface area contributed by atoms with Gasteiger partial charge in [-0.3, -0.25) is 9.59 Å². The molecule has 1 atom stereocenters. The van der Waals surface area contributed by atoms with E-state index in [1.807, 2.05) is 61.5 Å². The van der Waals surface area contributed by atoms with Crippen LogP contribution in [0.1, 0.15) is 35.3 Å². The zero-order valence-electron chi connectivity index (χ0n) is 16.6. The third kappa shape index (κ3) is 6.37. The first-order valence-corrected chi connectivity index (χ1v) is 11.0. The summed E-state index contributed by atoms with van der Waals surface area (Å²) in [5, 5.41) is 6.54. The van der Waals surface area contributed by atoms with Crippen LogP contribution < -0.4 is 10.6 Å². The molecule has 6 heteroatoms. The van der Waals surface area contributed by atoms with E-state index >= 15 is 0 Å². The first kappa shape index (κ1) is 21.9. The summed E-state index contributed by atoms with van der Waals surface area (Å²) >= 11 is 7.47. The van der Waals surface area contributed by atoms with Crippen molar-refractivity contribution >= 4 is 40.9 Å². The average Bonchev–Trinajstić information content (AvgIpc) is 2.76. The summed E-state index contributed by atoms with van der Waals surface area (Å²) in [6.07, 6.45) is 0.337. The molecule has 154 valence electrons. The van der Waals surface area contributed by atoms with Gasteiger partial charge in [0.15, 0.2) is 0 Å². The van der Waals surface area contributed by atoms with E-state index < -0.39 is 0 Å². The maximum atomic E-state index is 12.8. The van der Waals surface area contributed by atoms with Gasteiger partial charge < -0.3 is 10.6 Å². The van der Waals surface area contributed by atoms with Crippen LogP contribution in [0.2, 0.25) is 5.02 Å². The Hall–Kier alpha value is -2.76. The van der Waals surface area contributed by atoms with Crippen molar-refractivity contribution in [1.29, 1.82) is 0 Å². The lowest BCUT2D eigenvalue weighted by Crippen LogP contribution is -2.28. The minimum Gasteiger partial charge on any atom is -0.345 e. The fourth-order valence-corrected chi connectivity index (χ4v) is 3.87. The summed E-state index contributed by atoms with van der Waals surface area (Å²) in [5.41, 5.74) is 1.97. The normalized spacial score (nSPS) is 11.5. The standard InChI is InChI=1S/C24H23ClN2O2S/c1-17(18-7-3-2-4-8-18)26-24(29)21-9-5-6-10-22(21)27-23(28)15-16-30-20-13-11-19(25)12-14-20/h2-14,17H,15-16H2,1H3,(H,26,29)(H,27,28)/t17-/m0/s1. The Balaban J connectivity index is 1.56. The molecule has 3 rings (SSSR count). The molecule has 0 aliphatic carbocycles. The first-order valence-electron chi connectivity index (χ1n) is 9.66. The maximum Gasteiger partial charge on any atom is 0.253 e. The van der Waals surface area contributed by atoms with Crippen molar-refractivity contribution in [3.8, 4) is 0 Å². The minimum absolute atomic E-state index is 0.132. The zero-order chi connectivity index (χ0) is 21.3. The van der Waals surface area contributed by atoms with E-state index in [2.05, 4.69) is 10.6 Å². The predicted octanol–water partition coefficient (Wildman–Crippen LogP) is 5.95. The van der Waals surface area contributed by atoms with E-state index in [1.165, 1.54) is 0 Å². The fraction of sp³-hybridized carbons (Fsp3) is 0.167. The lowest BCUT2D eigenvalue weighted by Gasteiger charge is -2.16. The fourth-order valence-electron chi connectivity index (χ4n) is 2.89. The molecule has 2 amide bonds. The van der Waals surface area contributed by atoms with Gasteiger partial charge in [0.1, 0.15) is 0 Å². The molecule has 0 unspecified atom stereocenters. The third-order valence-electron chi connectivity index (χ3n) is 4.50. The van der Waals surface area contributed by atoms with Crippen molar-refractivity contribution < 1.29 is 9.59 Å². The SMILES string of the molecule is C[C@H](NC(=O)c1ccccc1NC(=O)CCSc1ccc(Cl)cc1)c1ccccc1. The Morgan fingerprint density at radius 1 is 0.933 bits per heavy atom. The van der Waals surface area contributed by atoms with Gasteiger partial charge in [0.25, 0.3) is 5.91 Å². The molecule has 4 nitrogen and oxygen atoms in total. The summed E-state index contributed by atoms with van der Waals surface area (Å²) in [4.78, 5) is 26.2. The maximum absolute atomic E-state index is 12.8. The molecule has 0 spiro atoms. The van der Waals surface area contributed by atoms with Gasteiger partial charge in [-0.05, 0) is 48.9 Å². The number of carbonyl (C=O) groups excluding carboxylic acids is 2. The smallest absolute Gasteiger partial charge is 0.253 e. The molecular formula is C24H23ClN2O2S. The van der Waals surface area contributed by atoms with E-state index in [0.29, 0.717) is 28.4 Å². The van der Waals surface area contributed by atoms with Crippen LogP contribution in [0.4, 0.5) is 5.69 Å². The number of carbonyl (C=O) groups is 2. The highest BCUT2D eigenvalue weighted by Crippen LogP contribution is 2.22. The van der Waals surface area contributed by atoms with E-state index in [1.54, 1.807) is 36.0 Å². The monoisotopic (exact) mass is 438 g/mol. The number of amides is 2. The number of hydrogen-bond donors (Lipinski definition) is 2. The van der Waals surface area contributed by atoms with Crippen molar-refractivity contribution in [3.05, 3.63) is 95.0 Å². The minimum atomic E-state index is -0.224. The van der Waals surface area contributed by atoms with Crippen molar-refractivity contribution in [1.82, 2.24) is 5.32 Å². The first-order chi connectivity index (χ1) is 14.5. The number of nitrogens with one attached hydrogen (secondary N) is 2. The van der Waals surface area contributed by atoms with Gasteiger partial charge in [-0.25, -0.2) is 0 Å². The number of thioether (sulfide) groups is 1. The Morgan fingerprint density at radius 2 is 1.60 bits per heavy atom. The van der Waals surface area contributed by atoms with E-state index in [0.717, 1.165) is 10.5 Å². The number of hydrogen-bond acceptors (Lipinski definition) is 3. The molecule has 2 N–H and O–H groups in total. The molecule has 0 saturated heterocycles. The summed E-state index contributed by atoms with van der Waals surface area (Å²) in [6, 6.07) is 24.2. The predicted molar refractivity (Wildman–Crippen MR) is 124 cm³/mol. The Morgan fingerprint density at radius 3 is 2.33 bits per heavy atom. The van der Waals surface area contributed by atoms with Gasteiger partial charge in [-0.15, -0.1) is 11.8 Å². The summed E-state index contributed by atoms with van der Waals surface area (Å²) in [7, 11) is 0. The summed E-state index contributed by atoms with van der Waals surface area (Å²) in [6.45, 7) is 1.93. The largest absolute Gasteiger partial charge is 0.345 e. The summed E-state index contributed by atoms with van der Waals surface area (Å²) < 4.78 is 0. The van der Waals surface area contributed by atoms with Gasteiger partial charge in [0.05, 0.1) is 17.3 Å². The second kappa shape index (κ2) is 10.9. The number of benzene rings is 3. The van der Waals surface area contributed by atoms with Gasteiger partial charge in [0.2, 0.25) is 5.91 Å². The average molecular weight is 439 g/mol. The molecule has 0 radical (unpaired) electrons. The topological polar surface area (TPSA) is 58.2 Å². The van der Waals surface area contributed by atoms with Crippen molar-refractivity contribution in [2.45, 2.75) is 24.3 Å². The molecule has 3 aromatic rings. The van der Waals surface area contributed by atoms with Crippen LogP contribution in [0.15, 0.2) is 83.8 Å². The van der Waals surface area contributed by atoms with E-state index in [9.17, 15) is 9.59 Å². The van der Waals surface area contributed by atoms with Crippen LogP contribution in [-0.2, 0) is 4.79 Å². The van der Waals surface area contributed by atoms with Crippen LogP contribution >= 0.6 is 23.4 Å².